The third kappa shape index (κ3) is 8.28. The molecular weight excluding hydrogens is 292 g/mol. The predicted molar refractivity (Wildman–Crippen MR) is 79.5 cm³/mol. The lowest BCUT2D eigenvalue weighted by Crippen LogP contribution is -2.35. The van der Waals surface area contributed by atoms with Gasteiger partial charge in [0.2, 0.25) is 0 Å². The molecule has 0 saturated carbocycles. The fraction of sp³-hybridized carbons (Fsp3) is 0.571. The lowest BCUT2D eigenvalue weighted by atomic mass is 10.3. The van der Waals surface area contributed by atoms with Gasteiger partial charge in [0.1, 0.15) is 37.4 Å². The zero-order valence-corrected chi connectivity index (χ0v) is 12.7. The Hall–Kier alpha value is -2.06. The van der Waals surface area contributed by atoms with Crippen molar-refractivity contribution in [3.05, 3.63) is 34.4 Å². The van der Waals surface area contributed by atoms with Gasteiger partial charge in [-0.25, -0.2) is 0 Å². The maximum absolute atomic E-state index is 9.95. The summed E-state index contributed by atoms with van der Waals surface area (Å²) in [6.07, 6.45) is -0.586. The van der Waals surface area contributed by atoms with Crippen molar-refractivity contribution in [3.8, 4) is 11.5 Å². The van der Waals surface area contributed by atoms with E-state index in [9.17, 15) is 15.2 Å². The minimum Gasteiger partial charge on any atom is -0.492 e. The first-order valence-electron chi connectivity index (χ1n) is 7.01. The summed E-state index contributed by atoms with van der Waals surface area (Å²) in [5, 5.41) is 21.9. The summed E-state index contributed by atoms with van der Waals surface area (Å²) in [6.45, 7) is 4.62. The van der Waals surface area contributed by atoms with Crippen LogP contribution in [-0.2, 0) is 4.84 Å². The second-order valence-electron chi connectivity index (χ2n) is 4.90. The number of aliphatic hydroxyl groups is 1. The van der Waals surface area contributed by atoms with Gasteiger partial charge in [0, 0.05) is 12.6 Å². The molecule has 0 radical (unpaired) electrons. The molecule has 124 valence electrons. The Kier molecular flexibility index (Phi) is 8.01. The van der Waals surface area contributed by atoms with Gasteiger partial charge in [-0.3, -0.25) is 0 Å². The molecule has 1 atom stereocenters. The van der Waals surface area contributed by atoms with E-state index in [1.807, 2.05) is 13.8 Å². The summed E-state index contributed by atoms with van der Waals surface area (Å²) >= 11 is 0. The van der Waals surface area contributed by atoms with Crippen molar-refractivity contribution >= 4 is 0 Å². The number of rotatable bonds is 11. The van der Waals surface area contributed by atoms with Gasteiger partial charge in [-0.1, -0.05) is 13.8 Å². The van der Waals surface area contributed by atoms with Gasteiger partial charge in [0.05, 0.1) is 0 Å². The van der Waals surface area contributed by atoms with Crippen LogP contribution < -0.4 is 14.8 Å². The molecule has 0 aliphatic carbocycles. The van der Waals surface area contributed by atoms with Crippen LogP contribution in [0, 0.1) is 10.1 Å². The maximum atomic E-state index is 9.95. The topological polar surface area (TPSA) is 103 Å². The van der Waals surface area contributed by atoms with Crippen LogP contribution in [0.4, 0.5) is 0 Å². The summed E-state index contributed by atoms with van der Waals surface area (Å²) in [4.78, 5) is 14.1. The van der Waals surface area contributed by atoms with Gasteiger partial charge >= 0.3 is 0 Å². The lowest BCUT2D eigenvalue weighted by molar-refractivity contribution is -0.757. The molecule has 0 aliphatic heterocycles. The molecule has 0 bridgehead atoms. The average molecular weight is 314 g/mol. The maximum Gasteiger partial charge on any atom is 0.294 e. The zero-order valence-electron chi connectivity index (χ0n) is 12.7. The molecule has 0 amide bonds. The Morgan fingerprint density at radius 3 is 2.32 bits per heavy atom. The fourth-order valence-corrected chi connectivity index (χ4v) is 1.53. The first kappa shape index (κ1) is 18.0. The molecule has 8 nitrogen and oxygen atoms in total. The van der Waals surface area contributed by atoms with Crippen molar-refractivity contribution in [2.75, 3.05) is 26.4 Å². The minimum atomic E-state index is -0.861. The molecule has 0 heterocycles. The van der Waals surface area contributed by atoms with Crippen LogP contribution in [0.15, 0.2) is 24.3 Å². The molecule has 0 fully saturated rings. The highest BCUT2D eigenvalue weighted by atomic mass is 17.0. The van der Waals surface area contributed by atoms with Crippen molar-refractivity contribution in [2.45, 2.75) is 26.0 Å². The lowest BCUT2D eigenvalue weighted by Gasteiger charge is -2.15. The van der Waals surface area contributed by atoms with Gasteiger partial charge in [0.15, 0.2) is 0 Å². The van der Waals surface area contributed by atoms with Crippen LogP contribution in [0.25, 0.3) is 0 Å². The molecule has 0 saturated heterocycles. The molecule has 8 heteroatoms. The van der Waals surface area contributed by atoms with Crippen molar-refractivity contribution in [1.82, 2.24) is 5.32 Å². The van der Waals surface area contributed by atoms with Crippen LogP contribution in [0.3, 0.4) is 0 Å². The Morgan fingerprint density at radius 1 is 1.18 bits per heavy atom. The number of nitrogens with one attached hydrogen (secondary N) is 1. The van der Waals surface area contributed by atoms with Crippen molar-refractivity contribution < 1.29 is 24.5 Å². The molecule has 1 aromatic carbocycles. The van der Waals surface area contributed by atoms with E-state index < -0.39 is 11.2 Å². The monoisotopic (exact) mass is 314 g/mol. The molecule has 1 aromatic rings. The van der Waals surface area contributed by atoms with Gasteiger partial charge in [-0.2, -0.15) is 0 Å². The zero-order chi connectivity index (χ0) is 16.4. The third-order valence-corrected chi connectivity index (χ3v) is 2.58. The van der Waals surface area contributed by atoms with Crippen molar-refractivity contribution in [1.29, 1.82) is 0 Å². The molecule has 0 aromatic heterocycles. The Labute approximate surface area is 129 Å². The number of nitrogens with zero attached hydrogens (tertiary/aromatic N) is 1. The smallest absolute Gasteiger partial charge is 0.294 e. The third-order valence-electron chi connectivity index (χ3n) is 2.58. The highest BCUT2D eigenvalue weighted by molar-refractivity contribution is 5.31. The number of hydrogen-bond donors (Lipinski definition) is 2. The van der Waals surface area contributed by atoms with Gasteiger partial charge in [-0.15, -0.1) is 10.1 Å². The second-order valence-corrected chi connectivity index (χ2v) is 4.90. The second kappa shape index (κ2) is 9.80. The van der Waals surface area contributed by atoms with Gasteiger partial charge < -0.3 is 24.7 Å². The van der Waals surface area contributed by atoms with Crippen LogP contribution in [0.1, 0.15) is 13.8 Å². The Balaban J connectivity index is 2.25. The summed E-state index contributed by atoms with van der Waals surface area (Å²) in [5.41, 5.74) is 0. The summed E-state index contributed by atoms with van der Waals surface area (Å²) in [6, 6.07) is 7.07. The summed E-state index contributed by atoms with van der Waals surface area (Å²) in [5.74, 6) is 1.17. The van der Waals surface area contributed by atoms with E-state index in [1.54, 1.807) is 24.3 Å². The summed E-state index contributed by atoms with van der Waals surface area (Å²) < 4.78 is 10.7. The molecular formula is C14H22N2O6. The molecule has 1 rings (SSSR count). The normalized spacial score (nSPS) is 12.0. The first-order valence-corrected chi connectivity index (χ1v) is 7.01. The van der Waals surface area contributed by atoms with Crippen LogP contribution in [0.2, 0.25) is 0 Å². The molecule has 0 aliphatic rings. The SMILES string of the molecule is CC(C)NCC(O)COc1ccc(OCCO[N+](=O)[O-])cc1. The summed E-state index contributed by atoms with van der Waals surface area (Å²) in [7, 11) is 0. The van der Waals surface area contributed by atoms with E-state index in [2.05, 4.69) is 10.2 Å². The Bertz CT molecular complexity index is 437. The quantitative estimate of drug-likeness (QED) is 0.357. The van der Waals surface area contributed by atoms with Crippen molar-refractivity contribution in [3.63, 3.8) is 0 Å². The largest absolute Gasteiger partial charge is 0.492 e. The number of benzene rings is 1. The minimum absolute atomic E-state index is 0.0841. The fourth-order valence-electron chi connectivity index (χ4n) is 1.53. The van der Waals surface area contributed by atoms with Crippen molar-refractivity contribution in [2.24, 2.45) is 0 Å². The van der Waals surface area contributed by atoms with Crippen LogP contribution >= 0.6 is 0 Å². The van der Waals surface area contributed by atoms with E-state index in [1.165, 1.54) is 0 Å². The van der Waals surface area contributed by atoms with E-state index in [-0.39, 0.29) is 19.8 Å². The highest BCUT2D eigenvalue weighted by Gasteiger charge is 2.06. The van der Waals surface area contributed by atoms with Crippen LogP contribution in [0.5, 0.6) is 11.5 Å². The standard InChI is InChI=1S/C14H22N2O6/c1-11(2)15-9-12(17)10-21-14-5-3-13(4-6-14)20-7-8-22-16(18)19/h3-6,11-12,15,17H,7-10H2,1-2H3. The highest BCUT2D eigenvalue weighted by Crippen LogP contribution is 2.17. The number of ether oxygens (including phenoxy) is 2. The molecule has 1 unspecified atom stereocenters. The van der Waals surface area contributed by atoms with E-state index in [0.29, 0.717) is 24.1 Å². The molecule has 2 N–H and O–H groups in total. The predicted octanol–water partition coefficient (Wildman–Crippen LogP) is 1.01. The van der Waals surface area contributed by atoms with Gasteiger partial charge in [0.25, 0.3) is 5.09 Å². The average Bonchev–Trinajstić information content (AvgIpc) is 2.48. The van der Waals surface area contributed by atoms with E-state index >= 15 is 0 Å². The van der Waals surface area contributed by atoms with E-state index in [4.69, 9.17) is 9.47 Å². The first-order chi connectivity index (χ1) is 10.5. The number of aliphatic hydroxyl groups excluding tert-OH is 1. The van der Waals surface area contributed by atoms with Crippen LogP contribution in [-0.4, -0.2) is 48.7 Å². The number of hydrogen-bond acceptors (Lipinski definition) is 7. The Morgan fingerprint density at radius 2 is 1.77 bits per heavy atom. The molecule has 0 spiro atoms. The van der Waals surface area contributed by atoms with Gasteiger partial charge in [-0.05, 0) is 24.3 Å². The van der Waals surface area contributed by atoms with E-state index in [0.717, 1.165) is 0 Å². The molecule has 22 heavy (non-hydrogen) atoms.